The van der Waals surface area contributed by atoms with Gasteiger partial charge in [0.15, 0.2) is 0 Å². The van der Waals surface area contributed by atoms with Crippen LogP contribution >= 0.6 is 12.4 Å². The summed E-state index contributed by atoms with van der Waals surface area (Å²) in [7, 11) is 0. The van der Waals surface area contributed by atoms with Crippen molar-refractivity contribution in [3.05, 3.63) is 33.9 Å². The molecule has 0 spiro atoms. The lowest BCUT2D eigenvalue weighted by Gasteiger charge is -2.07. The van der Waals surface area contributed by atoms with Crippen LogP contribution in [0.4, 0.5) is 11.4 Å². The predicted molar refractivity (Wildman–Crippen MR) is 75.6 cm³/mol. The average molecular weight is 289 g/mol. The van der Waals surface area contributed by atoms with Crippen LogP contribution in [0.3, 0.4) is 0 Å². The lowest BCUT2D eigenvalue weighted by molar-refractivity contribution is -0.383. The summed E-state index contributed by atoms with van der Waals surface area (Å²) < 4.78 is 0. The third-order valence-corrected chi connectivity index (χ3v) is 2.36. The number of anilines is 1. The summed E-state index contributed by atoms with van der Waals surface area (Å²) in [6.45, 7) is 3.85. The summed E-state index contributed by atoms with van der Waals surface area (Å²) in [6, 6.07) is 4.17. The third-order valence-electron chi connectivity index (χ3n) is 2.36. The molecule has 0 aliphatic carbocycles. The summed E-state index contributed by atoms with van der Waals surface area (Å²) in [5, 5.41) is 16.4. The van der Waals surface area contributed by atoms with Gasteiger partial charge < -0.3 is 16.4 Å². The van der Waals surface area contributed by atoms with Crippen LogP contribution < -0.4 is 16.4 Å². The number of hydrogen-bond acceptors (Lipinski definition) is 5. The number of carbonyl (C=O) groups excluding carboxylic acids is 1. The van der Waals surface area contributed by atoms with Gasteiger partial charge >= 0.3 is 0 Å². The molecule has 8 heteroatoms. The Kier molecular flexibility index (Phi) is 7.47. The molecule has 0 aliphatic rings. The minimum Gasteiger partial charge on any atom is -0.393 e. The van der Waals surface area contributed by atoms with E-state index in [1.165, 1.54) is 18.2 Å². The minimum absolute atomic E-state index is 0. The number of benzene rings is 1. The van der Waals surface area contributed by atoms with E-state index in [1.807, 2.05) is 6.92 Å². The number of hydrogen-bond donors (Lipinski definition) is 3. The number of nitrogens with zero attached hydrogens (tertiary/aromatic N) is 1. The normalized spacial score (nSPS) is 9.53. The molecule has 0 fully saturated rings. The van der Waals surface area contributed by atoms with Gasteiger partial charge in [0, 0.05) is 19.2 Å². The summed E-state index contributed by atoms with van der Waals surface area (Å²) in [5.41, 5.74) is 5.36. The maximum Gasteiger partial charge on any atom is 0.292 e. The number of nitrogen functional groups attached to an aromatic ring is 1. The first kappa shape index (κ1) is 17.1. The van der Waals surface area contributed by atoms with Crippen LogP contribution in [-0.2, 0) is 0 Å². The van der Waals surface area contributed by atoms with Crippen LogP contribution in [0.5, 0.6) is 0 Å². The van der Waals surface area contributed by atoms with Crippen molar-refractivity contribution < 1.29 is 9.72 Å². The molecule has 0 aromatic heterocycles. The Labute approximate surface area is 117 Å². The fourth-order valence-corrected chi connectivity index (χ4v) is 1.45. The van der Waals surface area contributed by atoms with E-state index in [2.05, 4.69) is 10.6 Å². The molecule has 0 saturated carbocycles. The van der Waals surface area contributed by atoms with Gasteiger partial charge in [-0.25, -0.2) is 0 Å². The highest BCUT2D eigenvalue weighted by Gasteiger charge is 2.18. The van der Waals surface area contributed by atoms with Gasteiger partial charge in [0.25, 0.3) is 11.6 Å². The van der Waals surface area contributed by atoms with E-state index >= 15 is 0 Å². The molecule has 0 aliphatic heterocycles. The smallest absolute Gasteiger partial charge is 0.292 e. The first-order valence-electron chi connectivity index (χ1n) is 5.59. The van der Waals surface area contributed by atoms with Gasteiger partial charge in [-0.05, 0) is 12.6 Å². The highest BCUT2D eigenvalue weighted by molar-refractivity contribution is 6.00. The first-order valence-corrected chi connectivity index (χ1v) is 5.59. The fraction of sp³-hybridized carbons (Fsp3) is 0.364. The fourth-order valence-electron chi connectivity index (χ4n) is 1.45. The Balaban J connectivity index is 0.00000324. The van der Waals surface area contributed by atoms with Crippen LogP contribution in [-0.4, -0.2) is 30.5 Å². The molecule has 1 amide bonds. The number of likely N-dealkylation sites (N-methyl/N-ethyl adjacent to an activating group) is 1. The van der Waals surface area contributed by atoms with Crippen LogP contribution in [0.1, 0.15) is 17.3 Å². The molecule has 0 heterocycles. The molecule has 0 saturated heterocycles. The minimum atomic E-state index is -0.606. The molecule has 1 aromatic carbocycles. The maximum absolute atomic E-state index is 11.8. The Morgan fingerprint density at radius 3 is 2.68 bits per heavy atom. The highest BCUT2D eigenvalue weighted by atomic mass is 35.5. The Morgan fingerprint density at radius 1 is 1.42 bits per heavy atom. The zero-order valence-electron chi connectivity index (χ0n) is 10.5. The molecule has 1 rings (SSSR count). The van der Waals surface area contributed by atoms with Crippen molar-refractivity contribution in [3.63, 3.8) is 0 Å². The number of nitrogens with one attached hydrogen (secondary N) is 2. The molecule has 106 valence electrons. The van der Waals surface area contributed by atoms with Crippen molar-refractivity contribution >= 4 is 29.7 Å². The number of amides is 1. The second kappa shape index (κ2) is 8.28. The number of carbonyl (C=O) groups is 1. The summed E-state index contributed by atoms with van der Waals surface area (Å²) in [4.78, 5) is 21.8. The van der Waals surface area contributed by atoms with Crippen molar-refractivity contribution in [3.8, 4) is 0 Å². The Hall–Kier alpha value is -1.86. The molecular formula is C11H17ClN4O3. The van der Waals surface area contributed by atoms with E-state index in [-0.39, 0.29) is 29.3 Å². The van der Waals surface area contributed by atoms with Crippen LogP contribution in [0, 0.1) is 10.1 Å². The van der Waals surface area contributed by atoms with Gasteiger partial charge in [0.05, 0.1) is 10.5 Å². The van der Waals surface area contributed by atoms with E-state index in [1.54, 1.807) is 0 Å². The topological polar surface area (TPSA) is 110 Å². The van der Waals surface area contributed by atoms with Crippen LogP contribution in [0.15, 0.2) is 18.2 Å². The van der Waals surface area contributed by atoms with Crippen molar-refractivity contribution in [2.75, 3.05) is 25.4 Å². The average Bonchev–Trinajstić information content (AvgIpc) is 2.34. The number of halogens is 1. The summed E-state index contributed by atoms with van der Waals surface area (Å²) in [6.07, 6.45) is 0. The van der Waals surface area contributed by atoms with Crippen LogP contribution in [0.25, 0.3) is 0 Å². The number of nitro benzene ring substituents is 1. The lowest BCUT2D eigenvalue weighted by Crippen LogP contribution is -2.32. The van der Waals surface area contributed by atoms with Gasteiger partial charge in [0.1, 0.15) is 5.69 Å². The third kappa shape index (κ3) is 4.72. The van der Waals surface area contributed by atoms with E-state index in [0.29, 0.717) is 13.1 Å². The van der Waals surface area contributed by atoms with Gasteiger partial charge in [-0.3, -0.25) is 14.9 Å². The zero-order chi connectivity index (χ0) is 13.5. The molecule has 0 atom stereocenters. The first-order chi connectivity index (χ1) is 8.57. The van der Waals surface area contributed by atoms with E-state index in [9.17, 15) is 14.9 Å². The Bertz CT molecular complexity index is 454. The van der Waals surface area contributed by atoms with Crippen LogP contribution in [0.2, 0.25) is 0 Å². The highest BCUT2D eigenvalue weighted by Crippen LogP contribution is 2.24. The molecule has 0 bridgehead atoms. The molecule has 0 unspecified atom stereocenters. The van der Waals surface area contributed by atoms with Gasteiger partial charge in [0.2, 0.25) is 0 Å². The van der Waals surface area contributed by atoms with E-state index in [4.69, 9.17) is 5.73 Å². The number of nitrogens with two attached hydrogens (primary N) is 1. The summed E-state index contributed by atoms with van der Waals surface area (Å²) in [5.74, 6) is -0.408. The van der Waals surface area contributed by atoms with Crippen molar-refractivity contribution in [1.82, 2.24) is 10.6 Å². The zero-order valence-corrected chi connectivity index (χ0v) is 11.3. The number of nitro groups is 1. The summed E-state index contributed by atoms with van der Waals surface area (Å²) >= 11 is 0. The quantitative estimate of drug-likeness (QED) is 0.312. The van der Waals surface area contributed by atoms with Gasteiger partial charge in [-0.2, -0.15) is 0 Å². The van der Waals surface area contributed by atoms with E-state index in [0.717, 1.165) is 6.54 Å². The number of rotatable bonds is 6. The molecule has 0 radical (unpaired) electrons. The van der Waals surface area contributed by atoms with Crippen molar-refractivity contribution in [2.45, 2.75) is 6.92 Å². The molecule has 7 nitrogen and oxygen atoms in total. The largest absolute Gasteiger partial charge is 0.393 e. The SMILES string of the molecule is CCNCCNC(=O)c1cccc([N+](=O)[O-])c1N.Cl. The van der Waals surface area contributed by atoms with Crippen molar-refractivity contribution in [1.29, 1.82) is 0 Å². The maximum atomic E-state index is 11.8. The lowest BCUT2D eigenvalue weighted by atomic mass is 10.1. The standard InChI is InChI=1S/C11H16N4O3.ClH/c1-2-13-6-7-14-11(16)8-4-3-5-9(10(8)12)15(17)18;/h3-5,13H,2,6-7,12H2,1H3,(H,14,16);1H. The van der Waals surface area contributed by atoms with Gasteiger partial charge in [-0.1, -0.05) is 13.0 Å². The molecule has 4 N–H and O–H groups in total. The molecular weight excluding hydrogens is 272 g/mol. The van der Waals surface area contributed by atoms with E-state index < -0.39 is 10.8 Å². The number of para-hydroxylation sites is 1. The molecule has 19 heavy (non-hydrogen) atoms. The van der Waals surface area contributed by atoms with Gasteiger partial charge in [-0.15, -0.1) is 12.4 Å². The molecule has 1 aromatic rings. The second-order valence-electron chi connectivity index (χ2n) is 3.60. The van der Waals surface area contributed by atoms with Crippen molar-refractivity contribution in [2.24, 2.45) is 0 Å². The Morgan fingerprint density at radius 2 is 2.11 bits per heavy atom. The predicted octanol–water partition coefficient (Wildman–Crippen LogP) is 0.938. The second-order valence-corrected chi connectivity index (χ2v) is 3.60. The monoisotopic (exact) mass is 288 g/mol.